The van der Waals surface area contributed by atoms with Crippen LogP contribution in [0.5, 0.6) is 5.88 Å². The minimum absolute atomic E-state index is 0.256. The highest BCUT2D eigenvalue weighted by molar-refractivity contribution is 5.67. The number of carbonyl (C=O) groups excluding carboxylic acids is 1. The molecule has 1 amide bonds. The van der Waals surface area contributed by atoms with Crippen LogP contribution in [0.25, 0.3) is 0 Å². The predicted molar refractivity (Wildman–Crippen MR) is 86.9 cm³/mol. The van der Waals surface area contributed by atoms with Crippen molar-refractivity contribution in [3.63, 3.8) is 0 Å². The largest absolute Gasteiger partial charge is 0.481 e. The molecule has 23 heavy (non-hydrogen) atoms. The quantitative estimate of drug-likeness (QED) is 0.681. The number of hydrogen-bond acceptors (Lipinski definition) is 4. The van der Waals surface area contributed by atoms with E-state index >= 15 is 0 Å². The Morgan fingerprint density at radius 3 is 2.78 bits per heavy atom. The summed E-state index contributed by atoms with van der Waals surface area (Å²) < 4.78 is 10.1. The summed E-state index contributed by atoms with van der Waals surface area (Å²) in [6.45, 7) is 0.677. The molecule has 0 spiro atoms. The van der Waals surface area contributed by atoms with Gasteiger partial charge in [0, 0.05) is 19.0 Å². The minimum atomic E-state index is -0.449. The standard InChI is InChI=1S/C18H18N2O3/c1-22-17-12-7-11-16(20-17)10-5-6-13-19-18(21)23-14-15-8-3-2-4-9-15/h2-4,7-9,11-12H,6,13-14H2,1H3,(H,19,21). The van der Waals surface area contributed by atoms with E-state index in [1.807, 2.05) is 36.4 Å². The van der Waals surface area contributed by atoms with Crippen LogP contribution < -0.4 is 10.1 Å². The van der Waals surface area contributed by atoms with Crippen LogP contribution in [0.15, 0.2) is 48.5 Å². The van der Waals surface area contributed by atoms with Gasteiger partial charge in [-0.15, -0.1) is 0 Å². The molecule has 0 atom stereocenters. The van der Waals surface area contributed by atoms with Crippen LogP contribution in [0.4, 0.5) is 4.79 Å². The second-order valence-electron chi connectivity index (χ2n) is 4.61. The number of carbonyl (C=O) groups is 1. The Balaban J connectivity index is 1.67. The van der Waals surface area contributed by atoms with E-state index < -0.39 is 6.09 Å². The Hall–Kier alpha value is -3.00. The number of nitrogens with one attached hydrogen (secondary N) is 1. The fourth-order valence-corrected chi connectivity index (χ4v) is 1.75. The lowest BCUT2D eigenvalue weighted by molar-refractivity contribution is 0.140. The molecule has 2 aromatic rings. The normalized spacial score (nSPS) is 9.43. The lowest BCUT2D eigenvalue weighted by atomic mass is 10.2. The lowest BCUT2D eigenvalue weighted by Gasteiger charge is -2.05. The van der Waals surface area contributed by atoms with E-state index in [1.54, 1.807) is 19.2 Å². The highest BCUT2D eigenvalue weighted by atomic mass is 16.5. The van der Waals surface area contributed by atoms with Crippen molar-refractivity contribution in [3.8, 4) is 17.7 Å². The molecule has 0 unspecified atom stereocenters. The van der Waals surface area contributed by atoms with Crippen molar-refractivity contribution in [1.82, 2.24) is 10.3 Å². The molecule has 0 saturated heterocycles. The molecule has 118 valence electrons. The number of ether oxygens (including phenoxy) is 2. The number of pyridine rings is 1. The Bertz CT molecular complexity index is 690. The summed E-state index contributed by atoms with van der Waals surface area (Å²) in [4.78, 5) is 15.7. The fraction of sp³-hybridized carbons (Fsp3) is 0.222. The van der Waals surface area contributed by atoms with Gasteiger partial charge in [0.25, 0.3) is 0 Å². The molecular weight excluding hydrogens is 292 g/mol. The molecular formula is C18H18N2O3. The van der Waals surface area contributed by atoms with Gasteiger partial charge in [-0.1, -0.05) is 42.3 Å². The van der Waals surface area contributed by atoms with Crippen LogP contribution >= 0.6 is 0 Å². The van der Waals surface area contributed by atoms with Crippen molar-refractivity contribution in [2.45, 2.75) is 13.0 Å². The molecule has 2 rings (SSSR count). The number of benzene rings is 1. The van der Waals surface area contributed by atoms with Gasteiger partial charge in [0.15, 0.2) is 0 Å². The Morgan fingerprint density at radius 1 is 1.17 bits per heavy atom. The van der Waals surface area contributed by atoms with E-state index in [1.165, 1.54) is 0 Å². The number of nitrogens with zero attached hydrogens (tertiary/aromatic N) is 1. The third-order valence-electron chi connectivity index (χ3n) is 2.88. The zero-order valence-corrected chi connectivity index (χ0v) is 12.9. The first kappa shape index (κ1) is 16.4. The molecule has 5 heteroatoms. The third kappa shape index (κ3) is 6.10. The van der Waals surface area contributed by atoms with Gasteiger partial charge in [-0.3, -0.25) is 0 Å². The number of alkyl carbamates (subject to hydrolysis) is 1. The average Bonchev–Trinajstić information content (AvgIpc) is 2.61. The Kier molecular flexibility index (Phi) is 6.48. The first-order valence-corrected chi connectivity index (χ1v) is 7.22. The lowest BCUT2D eigenvalue weighted by Crippen LogP contribution is -2.24. The monoisotopic (exact) mass is 310 g/mol. The van der Waals surface area contributed by atoms with Crippen molar-refractivity contribution >= 4 is 6.09 Å². The topological polar surface area (TPSA) is 60.5 Å². The van der Waals surface area contributed by atoms with E-state index in [4.69, 9.17) is 9.47 Å². The number of amides is 1. The van der Waals surface area contributed by atoms with E-state index in [9.17, 15) is 4.79 Å². The number of hydrogen-bond donors (Lipinski definition) is 1. The maximum Gasteiger partial charge on any atom is 0.407 e. The molecule has 0 saturated carbocycles. The summed E-state index contributed by atoms with van der Waals surface area (Å²) in [5, 5.41) is 2.65. The van der Waals surface area contributed by atoms with Crippen molar-refractivity contribution < 1.29 is 14.3 Å². The highest BCUT2D eigenvalue weighted by Crippen LogP contribution is 2.05. The van der Waals surface area contributed by atoms with Crippen molar-refractivity contribution in [1.29, 1.82) is 0 Å². The van der Waals surface area contributed by atoms with Gasteiger partial charge in [0.2, 0.25) is 5.88 Å². The van der Waals surface area contributed by atoms with Crippen LogP contribution in [0.3, 0.4) is 0 Å². The third-order valence-corrected chi connectivity index (χ3v) is 2.88. The summed E-state index contributed by atoms with van der Waals surface area (Å²) in [5.74, 6) is 6.39. The molecule has 0 aliphatic rings. The van der Waals surface area contributed by atoms with Crippen LogP contribution in [-0.4, -0.2) is 24.7 Å². The summed E-state index contributed by atoms with van der Waals surface area (Å²) in [6.07, 6.45) is 0.0643. The molecule has 1 aromatic carbocycles. The van der Waals surface area contributed by atoms with Crippen LogP contribution in [-0.2, 0) is 11.3 Å². The molecule has 0 aliphatic carbocycles. The summed E-state index contributed by atoms with van der Waals surface area (Å²) in [7, 11) is 1.56. The average molecular weight is 310 g/mol. The number of aromatic nitrogens is 1. The van der Waals surface area contributed by atoms with E-state index in [-0.39, 0.29) is 6.61 Å². The van der Waals surface area contributed by atoms with Crippen LogP contribution in [0.2, 0.25) is 0 Å². The Morgan fingerprint density at radius 2 is 2.00 bits per heavy atom. The first-order chi connectivity index (χ1) is 11.3. The van der Waals surface area contributed by atoms with Gasteiger partial charge in [-0.25, -0.2) is 9.78 Å². The second-order valence-corrected chi connectivity index (χ2v) is 4.61. The van der Waals surface area contributed by atoms with E-state index in [0.29, 0.717) is 24.5 Å². The zero-order chi connectivity index (χ0) is 16.3. The molecule has 5 nitrogen and oxygen atoms in total. The van der Waals surface area contributed by atoms with Crippen LogP contribution in [0.1, 0.15) is 17.7 Å². The van der Waals surface area contributed by atoms with Gasteiger partial charge in [-0.05, 0) is 17.6 Å². The van der Waals surface area contributed by atoms with Crippen LogP contribution in [0, 0.1) is 11.8 Å². The van der Waals surface area contributed by atoms with Crippen molar-refractivity contribution in [2.75, 3.05) is 13.7 Å². The Labute approximate surface area is 135 Å². The van der Waals surface area contributed by atoms with Gasteiger partial charge >= 0.3 is 6.09 Å². The second kappa shape index (κ2) is 9.11. The molecule has 0 radical (unpaired) electrons. The smallest absolute Gasteiger partial charge is 0.407 e. The molecule has 0 aliphatic heterocycles. The van der Waals surface area contributed by atoms with Crippen molar-refractivity contribution in [3.05, 3.63) is 59.8 Å². The van der Waals surface area contributed by atoms with Gasteiger partial charge < -0.3 is 14.8 Å². The van der Waals surface area contributed by atoms with E-state index in [2.05, 4.69) is 22.1 Å². The number of rotatable bonds is 5. The van der Waals surface area contributed by atoms with Crippen molar-refractivity contribution in [2.24, 2.45) is 0 Å². The zero-order valence-electron chi connectivity index (χ0n) is 12.9. The highest BCUT2D eigenvalue weighted by Gasteiger charge is 2.00. The number of methoxy groups -OCH3 is 1. The van der Waals surface area contributed by atoms with Gasteiger partial charge in [-0.2, -0.15) is 0 Å². The van der Waals surface area contributed by atoms with E-state index in [0.717, 1.165) is 5.56 Å². The maximum absolute atomic E-state index is 11.5. The van der Waals surface area contributed by atoms with Gasteiger partial charge in [0.1, 0.15) is 12.3 Å². The summed E-state index contributed by atoms with van der Waals surface area (Å²) in [5.41, 5.74) is 1.59. The minimum Gasteiger partial charge on any atom is -0.481 e. The van der Waals surface area contributed by atoms with Gasteiger partial charge in [0.05, 0.1) is 7.11 Å². The maximum atomic E-state index is 11.5. The predicted octanol–water partition coefficient (Wildman–Crippen LogP) is 2.76. The first-order valence-electron chi connectivity index (χ1n) is 7.22. The fourth-order valence-electron chi connectivity index (χ4n) is 1.75. The molecule has 1 aromatic heterocycles. The molecule has 1 heterocycles. The molecule has 0 fully saturated rings. The summed E-state index contributed by atoms with van der Waals surface area (Å²) in [6, 6.07) is 14.9. The summed E-state index contributed by atoms with van der Waals surface area (Å²) >= 11 is 0. The SMILES string of the molecule is COc1cccc(C#CCCNC(=O)OCc2ccccc2)n1. The molecule has 0 bridgehead atoms. The molecule has 1 N–H and O–H groups in total.